The molecule has 0 spiro atoms. The van der Waals surface area contributed by atoms with Gasteiger partial charge in [0.25, 0.3) is 5.91 Å². The van der Waals surface area contributed by atoms with Crippen molar-refractivity contribution < 1.29 is 19.1 Å². The summed E-state index contributed by atoms with van der Waals surface area (Å²) in [6.07, 6.45) is 2.90. The number of hydrogen-bond acceptors (Lipinski definition) is 4. The predicted molar refractivity (Wildman–Crippen MR) is 103 cm³/mol. The summed E-state index contributed by atoms with van der Waals surface area (Å²) in [5, 5.41) is 0. The fraction of sp³-hybridized carbons (Fsp3) is 0.619. The van der Waals surface area contributed by atoms with E-state index in [9.17, 15) is 9.59 Å². The third-order valence-electron chi connectivity index (χ3n) is 4.50. The lowest BCUT2D eigenvalue weighted by molar-refractivity contribution is -0.145. The Hall–Kier alpha value is -1.88. The first-order valence-corrected chi connectivity index (χ1v) is 9.42. The van der Waals surface area contributed by atoms with Gasteiger partial charge in [-0.25, -0.2) is 0 Å². The lowest BCUT2D eigenvalue weighted by atomic mass is 10.0. The predicted octanol–water partition coefficient (Wildman–Crippen LogP) is 3.76. The number of aryl methyl sites for hydroxylation is 2. The number of carbonyl (C=O) groups is 2. The lowest BCUT2D eigenvalue weighted by Gasteiger charge is -2.25. The summed E-state index contributed by atoms with van der Waals surface area (Å²) in [6.45, 7) is 10.2. The summed E-state index contributed by atoms with van der Waals surface area (Å²) in [4.78, 5) is 26.5. The molecule has 5 nitrogen and oxygen atoms in total. The number of benzene rings is 1. The van der Waals surface area contributed by atoms with Gasteiger partial charge in [-0.05, 0) is 49.9 Å². The first-order valence-electron chi connectivity index (χ1n) is 9.42. The summed E-state index contributed by atoms with van der Waals surface area (Å²) in [5.41, 5.74) is 2.89. The minimum Gasteiger partial charge on any atom is -0.469 e. The van der Waals surface area contributed by atoms with E-state index >= 15 is 0 Å². The SMILES string of the molecule is CCCCOCCCN(CC(C)C(=O)OC)C(=O)c1ccc(C)c(C)c1. The normalized spacial score (nSPS) is 11.9. The Morgan fingerprint density at radius 3 is 2.42 bits per heavy atom. The van der Waals surface area contributed by atoms with E-state index in [1.165, 1.54) is 7.11 Å². The number of esters is 1. The summed E-state index contributed by atoms with van der Waals surface area (Å²) in [5.74, 6) is -0.726. The van der Waals surface area contributed by atoms with Gasteiger partial charge in [0.2, 0.25) is 0 Å². The van der Waals surface area contributed by atoms with Gasteiger partial charge in [-0.3, -0.25) is 9.59 Å². The molecule has 5 heteroatoms. The van der Waals surface area contributed by atoms with Crippen LogP contribution in [0.15, 0.2) is 18.2 Å². The third kappa shape index (κ3) is 7.16. The van der Waals surface area contributed by atoms with E-state index in [1.807, 2.05) is 32.0 Å². The molecule has 0 aliphatic rings. The zero-order valence-electron chi connectivity index (χ0n) is 16.8. The quantitative estimate of drug-likeness (QED) is 0.444. The molecule has 0 heterocycles. The van der Waals surface area contributed by atoms with E-state index in [0.29, 0.717) is 25.3 Å². The largest absolute Gasteiger partial charge is 0.469 e. The molecule has 0 saturated carbocycles. The minimum absolute atomic E-state index is 0.0580. The molecule has 1 aromatic rings. The molecule has 0 radical (unpaired) electrons. The first kappa shape index (κ1) is 22.2. The van der Waals surface area contributed by atoms with Crippen LogP contribution in [-0.2, 0) is 14.3 Å². The number of hydrogen-bond donors (Lipinski definition) is 0. The standard InChI is InChI=1S/C21H33NO4/c1-6-7-12-26-13-8-11-22(15-18(4)21(24)25-5)20(23)19-10-9-16(2)17(3)14-19/h9-10,14,18H,6-8,11-13,15H2,1-5H3. The van der Waals surface area contributed by atoms with Crippen molar-refractivity contribution in [2.45, 2.75) is 47.0 Å². The van der Waals surface area contributed by atoms with Crippen molar-refractivity contribution in [3.8, 4) is 0 Å². The molecule has 0 saturated heterocycles. The van der Waals surface area contributed by atoms with Crippen LogP contribution in [0.1, 0.15) is 54.6 Å². The van der Waals surface area contributed by atoms with Gasteiger partial charge in [0.05, 0.1) is 13.0 Å². The topological polar surface area (TPSA) is 55.8 Å². The van der Waals surface area contributed by atoms with Gasteiger partial charge in [0.15, 0.2) is 0 Å². The summed E-state index contributed by atoms with van der Waals surface area (Å²) < 4.78 is 10.4. The van der Waals surface area contributed by atoms with Gasteiger partial charge in [-0.2, -0.15) is 0 Å². The number of rotatable bonds is 11. The van der Waals surface area contributed by atoms with E-state index in [0.717, 1.165) is 37.0 Å². The fourth-order valence-corrected chi connectivity index (χ4v) is 2.65. The smallest absolute Gasteiger partial charge is 0.310 e. The van der Waals surface area contributed by atoms with E-state index in [-0.39, 0.29) is 17.8 Å². The van der Waals surface area contributed by atoms with Crippen LogP contribution in [0.2, 0.25) is 0 Å². The second kappa shape index (κ2) is 11.7. The highest BCUT2D eigenvalue weighted by Gasteiger charge is 2.22. The number of nitrogens with zero attached hydrogens (tertiary/aromatic N) is 1. The molecule has 0 N–H and O–H groups in total. The molecular formula is C21H33NO4. The Morgan fingerprint density at radius 2 is 1.81 bits per heavy atom. The molecule has 146 valence electrons. The second-order valence-corrected chi connectivity index (χ2v) is 6.79. The van der Waals surface area contributed by atoms with Crippen LogP contribution in [0.3, 0.4) is 0 Å². The number of methoxy groups -OCH3 is 1. The molecule has 26 heavy (non-hydrogen) atoms. The maximum atomic E-state index is 13.0. The highest BCUT2D eigenvalue weighted by atomic mass is 16.5. The highest BCUT2D eigenvalue weighted by molar-refractivity contribution is 5.94. The van der Waals surface area contributed by atoms with E-state index in [2.05, 4.69) is 6.92 Å². The van der Waals surface area contributed by atoms with Crippen LogP contribution in [0.25, 0.3) is 0 Å². The Bertz CT molecular complexity index is 585. The molecule has 1 unspecified atom stereocenters. The lowest BCUT2D eigenvalue weighted by Crippen LogP contribution is -2.38. The first-order chi connectivity index (χ1) is 12.4. The van der Waals surface area contributed by atoms with Crippen LogP contribution in [0.5, 0.6) is 0 Å². The van der Waals surface area contributed by atoms with Crippen LogP contribution in [0.4, 0.5) is 0 Å². The molecule has 1 aromatic carbocycles. The number of ether oxygens (including phenoxy) is 2. The van der Waals surface area contributed by atoms with Gasteiger partial charge < -0.3 is 14.4 Å². The van der Waals surface area contributed by atoms with E-state index in [1.54, 1.807) is 11.8 Å². The van der Waals surface area contributed by atoms with Crippen molar-refractivity contribution in [1.29, 1.82) is 0 Å². The highest BCUT2D eigenvalue weighted by Crippen LogP contribution is 2.14. The van der Waals surface area contributed by atoms with Crippen molar-refractivity contribution in [2.75, 3.05) is 33.4 Å². The molecule has 1 atom stereocenters. The number of unbranched alkanes of at least 4 members (excludes halogenated alkanes) is 1. The molecule has 0 fully saturated rings. The van der Waals surface area contributed by atoms with Gasteiger partial charge >= 0.3 is 5.97 Å². The zero-order valence-corrected chi connectivity index (χ0v) is 16.8. The number of carbonyl (C=O) groups excluding carboxylic acids is 2. The summed E-state index contributed by atoms with van der Waals surface area (Å²) in [7, 11) is 1.37. The summed E-state index contributed by atoms with van der Waals surface area (Å²) >= 11 is 0. The van der Waals surface area contributed by atoms with Crippen LogP contribution in [0, 0.1) is 19.8 Å². The van der Waals surface area contributed by atoms with Crippen LogP contribution >= 0.6 is 0 Å². The average Bonchev–Trinajstić information content (AvgIpc) is 2.64. The van der Waals surface area contributed by atoms with E-state index in [4.69, 9.17) is 9.47 Å². The summed E-state index contributed by atoms with van der Waals surface area (Å²) in [6, 6.07) is 5.71. The fourth-order valence-electron chi connectivity index (χ4n) is 2.65. The molecule has 0 aliphatic carbocycles. The van der Waals surface area contributed by atoms with Gasteiger partial charge in [-0.15, -0.1) is 0 Å². The second-order valence-electron chi connectivity index (χ2n) is 6.79. The molecular weight excluding hydrogens is 330 g/mol. The van der Waals surface area contributed by atoms with Crippen molar-refractivity contribution in [2.24, 2.45) is 5.92 Å². The minimum atomic E-state index is -0.364. The van der Waals surface area contributed by atoms with Crippen LogP contribution < -0.4 is 0 Å². The van der Waals surface area contributed by atoms with Gasteiger partial charge in [0.1, 0.15) is 0 Å². The van der Waals surface area contributed by atoms with Crippen molar-refractivity contribution in [3.05, 3.63) is 34.9 Å². The van der Waals surface area contributed by atoms with Gasteiger partial charge in [-0.1, -0.05) is 26.3 Å². The Labute approximate surface area is 157 Å². The van der Waals surface area contributed by atoms with Crippen LogP contribution in [-0.4, -0.2) is 50.2 Å². The van der Waals surface area contributed by atoms with Crippen molar-refractivity contribution >= 4 is 11.9 Å². The Kier molecular flexibility index (Phi) is 9.96. The van der Waals surface area contributed by atoms with Crippen molar-refractivity contribution in [3.63, 3.8) is 0 Å². The van der Waals surface area contributed by atoms with E-state index < -0.39 is 0 Å². The zero-order chi connectivity index (χ0) is 19.5. The van der Waals surface area contributed by atoms with Crippen molar-refractivity contribution in [1.82, 2.24) is 4.90 Å². The maximum absolute atomic E-state index is 13.0. The molecule has 1 rings (SSSR count). The molecule has 0 aliphatic heterocycles. The maximum Gasteiger partial charge on any atom is 0.310 e. The Balaban J connectivity index is 2.76. The average molecular weight is 363 g/mol. The third-order valence-corrected chi connectivity index (χ3v) is 4.50. The molecule has 0 aromatic heterocycles. The molecule has 1 amide bonds. The Morgan fingerprint density at radius 1 is 1.12 bits per heavy atom. The molecule has 0 bridgehead atoms. The van der Waals surface area contributed by atoms with Gasteiger partial charge in [0, 0.05) is 31.9 Å². The monoisotopic (exact) mass is 363 g/mol. The number of amides is 1.